The highest BCUT2D eigenvalue weighted by atomic mass is 19.1. The van der Waals surface area contributed by atoms with E-state index in [1.807, 2.05) is 24.3 Å². The zero-order valence-corrected chi connectivity index (χ0v) is 14.6. The van der Waals surface area contributed by atoms with Gasteiger partial charge in [0.15, 0.2) is 11.4 Å². The summed E-state index contributed by atoms with van der Waals surface area (Å²) in [4.78, 5) is 8.49. The van der Waals surface area contributed by atoms with E-state index in [-0.39, 0.29) is 34.0 Å². The van der Waals surface area contributed by atoms with E-state index < -0.39 is 0 Å². The van der Waals surface area contributed by atoms with Gasteiger partial charge in [-0.05, 0) is 34.9 Å². The van der Waals surface area contributed by atoms with Crippen molar-refractivity contribution in [1.82, 2.24) is 9.97 Å². The lowest BCUT2D eigenvalue weighted by atomic mass is 9.97. The number of halogens is 1. The van der Waals surface area contributed by atoms with Gasteiger partial charge in [0.2, 0.25) is 0 Å². The van der Waals surface area contributed by atoms with Gasteiger partial charge in [0.05, 0.1) is 5.69 Å². The van der Waals surface area contributed by atoms with Gasteiger partial charge in [-0.2, -0.15) is 21.0 Å². The van der Waals surface area contributed by atoms with E-state index in [4.69, 9.17) is 0 Å². The summed E-state index contributed by atoms with van der Waals surface area (Å²) in [5, 5.41) is 37.4. The number of nitrogens with zero attached hydrogens (tertiary/aromatic N) is 6. The highest BCUT2D eigenvalue weighted by Gasteiger charge is 2.31. The molecule has 0 fully saturated rings. The lowest BCUT2D eigenvalue weighted by Crippen LogP contribution is -2.00. The van der Waals surface area contributed by atoms with E-state index in [0.717, 1.165) is 11.1 Å². The summed E-state index contributed by atoms with van der Waals surface area (Å²) in [7, 11) is 0. The molecule has 0 saturated heterocycles. The summed E-state index contributed by atoms with van der Waals surface area (Å²) in [5.41, 5.74) is 2.99. The lowest BCUT2D eigenvalue weighted by molar-refractivity contribution is 0.628. The molecule has 0 saturated carbocycles. The average molecular weight is 374 g/mol. The van der Waals surface area contributed by atoms with Crippen LogP contribution in [0.4, 0.5) is 4.39 Å². The van der Waals surface area contributed by atoms with Gasteiger partial charge in [0.1, 0.15) is 41.4 Å². The van der Waals surface area contributed by atoms with Crippen LogP contribution < -0.4 is 0 Å². The van der Waals surface area contributed by atoms with Gasteiger partial charge in [-0.25, -0.2) is 14.4 Å². The minimum absolute atomic E-state index is 0.138. The Morgan fingerprint density at radius 2 is 1.31 bits per heavy atom. The second-order valence-electron chi connectivity index (χ2n) is 6.08. The maximum Gasteiger partial charge on any atom is 0.177 e. The van der Waals surface area contributed by atoms with Crippen molar-refractivity contribution in [2.24, 2.45) is 0 Å². The summed E-state index contributed by atoms with van der Waals surface area (Å²) < 4.78 is 13.2. The van der Waals surface area contributed by atoms with Crippen molar-refractivity contribution in [2.75, 3.05) is 0 Å². The van der Waals surface area contributed by atoms with E-state index in [2.05, 4.69) is 9.97 Å². The number of rotatable bonds is 1. The van der Waals surface area contributed by atoms with Crippen LogP contribution in [0, 0.1) is 51.1 Å². The van der Waals surface area contributed by atoms with Crippen LogP contribution in [0.3, 0.4) is 0 Å². The molecule has 29 heavy (non-hydrogen) atoms. The Morgan fingerprint density at radius 1 is 0.724 bits per heavy atom. The fourth-order valence-corrected chi connectivity index (χ4v) is 3.25. The van der Waals surface area contributed by atoms with Gasteiger partial charge < -0.3 is 0 Å². The third kappa shape index (κ3) is 2.68. The zero-order valence-electron chi connectivity index (χ0n) is 14.6. The Hall–Kier alpha value is -4.85. The largest absolute Gasteiger partial charge is 0.232 e. The summed E-state index contributed by atoms with van der Waals surface area (Å²) in [6, 6.07) is 18.6. The third-order valence-corrected chi connectivity index (χ3v) is 4.54. The molecule has 0 unspecified atom stereocenters. The molecule has 3 aromatic rings. The van der Waals surface area contributed by atoms with Gasteiger partial charge in [-0.15, -0.1) is 0 Å². The van der Waals surface area contributed by atoms with Crippen LogP contribution in [0.1, 0.15) is 22.6 Å². The fourth-order valence-electron chi connectivity index (χ4n) is 3.25. The molecule has 0 atom stereocenters. The van der Waals surface area contributed by atoms with Crippen LogP contribution in [0.25, 0.3) is 28.0 Å². The topological polar surface area (TPSA) is 121 Å². The molecular formula is C22H7FN6. The zero-order chi connectivity index (χ0) is 20.5. The first-order valence-corrected chi connectivity index (χ1v) is 8.29. The number of hydrogen-bond acceptors (Lipinski definition) is 6. The number of aromatic nitrogens is 2. The minimum Gasteiger partial charge on any atom is -0.232 e. The second kappa shape index (κ2) is 6.71. The summed E-state index contributed by atoms with van der Waals surface area (Å²) >= 11 is 0. The molecule has 4 rings (SSSR count). The maximum atomic E-state index is 13.2. The van der Waals surface area contributed by atoms with E-state index >= 15 is 0 Å². The van der Waals surface area contributed by atoms with Crippen molar-refractivity contribution < 1.29 is 4.39 Å². The monoisotopic (exact) mass is 374 g/mol. The summed E-state index contributed by atoms with van der Waals surface area (Å²) in [6.45, 7) is 0. The van der Waals surface area contributed by atoms with Gasteiger partial charge in [0, 0.05) is 11.1 Å². The van der Waals surface area contributed by atoms with Crippen LogP contribution in [0.15, 0.2) is 48.0 Å². The Labute approximate surface area is 164 Å². The molecule has 6 nitrogen and oxygen atoms in total. The lowest BCUT2D eigenvalue weighted by Gasteiger charge is -2.06. The van der Waals surface area contributed by atoms with Crippen molar-refractivity contribution in [2.45, 2.75) is 0 Å². The predicted molar refractivity (Wildman–Crippen MR) is 99.5 cm³/mol. The smallest absolute Gasteiger partial charge is 0.177 e. The first kappa shape index (κ1) is 17.6. The van der Waals surface area contributed by atoms with Crippen molar-refractivity contribution >= 4 is 5.57 Å². The molecule has 2 aromatic carbocycles. The van der Waals surface area contributed by atoms with Crippen LogP contribution in [0.5, 0.6) is 0 Å². The molecule has 0 spiro atoms. The maximum absolute atomic E-state index is 13.2. The molecule has 1 aliphatic rings. The van der Waals surface area contributed by atoms with E-state index in [9.17, 15) is 25.4 Å². The molecule has 0 N–H and O–H groups in total. The number of fused-ring (bicyclic) bond motifs is 3. The predicted octanol–water partition coefficient (Wildman–Crippen LogP) is 3.86. The molecule has 0 aliphatic heterocycles. The molecule has 7 heteroatoms. The van der Waals surface area contributed by atoms with Crippen molar-refractivity contribution in [3.05, 3.63) is 76.5 Å². The minimum atomic E-state index is -0.355. The second-order valence-corrected chi connectivity index (χ2v) is 6.08. The Bertz CT molecular complexity index is 1370. The van der Waals surface area contributed by atoms with Crippen molar-refractivity contribution in [1.29, 1.82) is 21.0 Å². The average Bonchev–Trinajstić information content (AvgIpc) is 3.07. The van der Waals surface area contributed by atoms with E-state index in [0.29, 0.717) is 16.8 Å². The molecule has 1 heterocycles. The van der Waals surface area contributed by atoms with E-state index in [1.54, 1.807) is 30.3 Å². The van der Waals surface area contributed by atoms with Crippen LogP contribution in [0.2, 0.25) is 0 Å². The van der Waals surface area contributed by atoms with E-state index in [1.165, 1.54) is 12.1 Å². The van der Waals surface area contributed by atoms with Crippen molar-refractivity contribution in [3.63, 3.8) is 0 Å². The van der Waals surface area contributed by atoms with Crippen LogP contribution >= 0.6 is 0 Å². The number of allylic oxidation sites excluding steroid dienone is 1. The van der Waals surface area contributed by atoms with Gasteiger partial charge in [-0.1, -0.05) is 24.3 Å². The Balaban J connectivity index is 2.05. The molecule has 0 bridgehead atoms. The quantitative estimate of drug-likeness (QED) is 0.466. The molecular weight excluding hydrogens is 367 g/mol. The number of benzene rings is 2. The Morgan fingerprint density at radius 3 is 1.90 bits per heavy atom. The Kier molecular flexibility index (Phi) is 4.06. The fraction of sp³-hybridized carbons (Fsp3) is 0. The van der Waals surface area contributed by atoms with Crippen molar-refractivity contribution in [3.8, 4) is 46.7 Å². The number of nitriles is 4. The third-order valence-electron chi connectivity index (χ3n) is 4.54. The highest BCUT2D eigenvalue weighted by Crippen LogP contribution is 2.45. The number of hydrogen-bond donors (Lipinski definition) is 0. The van der Waals surface area contributed by atoms with Gasteiger partial charge >= 0.3 is 0 Å². The molecule has 0 radical (unpaired) electrons. The van der Waals surface area contributed by atoms with Crippen LogP contribution in [-0.4, -0.2) is 9.97 Å². The molecule has 0 amide bonds. The highest BCUT2D eigenvalue weighted by molar-refractivity contribution is 6.02. The molecule has 1 aromatic heterocycles. The van der Waals surface area contributed by atoms with Crippen LogP contribution in [-0.2, 0) is 0 Å². The van der Waals surface area contributed by atoms with Gasteiger partial charge in [-0.3, -0.25) is 0 Å². The first-order valence-electron chi connectivity index (χ1n) is 8.29. The van der Waals surface area contributed by atoms with Gasteiger partial charge in [0.25, 0.3) is 0 Å². The molecule has 132 valence electrons. The summed E-state index contributed by atoms with van der Waals surface area (Å²) in [5.74, 6) is -0.355. The standard InChI is InChI=1S/C22H7FN6/c23-15-4-1-12(2-5-15)13-3-6-16-17(7-13)21-22(20(16)14(8-24)9-25)29-19(11-27)18(10-26)28-21/h1-7H. The summed E-state index contributed by atoms with van der Waals surface area (Å²) in [6.07, 6.45) is 0. The first-order chi connectivity index (χ1) is 14.1. The normalized spacial score (nSPS) is 10.7. The molecule has 1 aliphatic carbocycles. The SMILES string of the molecule is N#CC(C#N)=C1c2ccc(-c3ccc(F)cc3)cc2-c2nc(C#N)c(C#N)nc21.